The number of benzene rings is 2. The molecule has 0 nitrogen and oxygen atoms in total. The summed E-state index contributed by atoms with van der Waals surface area (Å²) in [6.45, 7) is 2.31. The fraction of sp³-hybridized carbons (Fsp3) is 0.100. The van der Waals surface area contributed by atoms with Gasteiger partial charge >= 0.3 is 21.7 Å². The Labute approximate surface area is 157 Å². The van der Waals surface area contributed by atoms with Crippen molar-refractivity contribution in [2.45, 2.75) is 6.92 Å². The zero-order valence-corrected chi connectivity index (χ0v) is 15.8. The van der Waals surface area contributed by atoms with Crippen LogP contribution in [0.15, 0.2) is 72.8 Å². The Morgan fingerprint density at radius 3 is 1.54 bits per heavy atom. The molecule has 4 aromatic rings. The summed E-state index contributed by atoms with van der Waals surface area (Å²) in [6.07, 6.45) is 1.20. The van der Waals surface area contributed by atoms with Crippen molar-refractivity contribution in [3.8, 4) is 0 Å². The van der Waals surface area contributed by atoms with E-state index in [0.717, 1.165) is 0 Å². The van der Waals surface area contributed by atoms with Crippen molar-refractivity contribution < 1.29 is 31.1 Å². The van der Waals surface area contributed by atoms with Crippen LogP contribution in [0.2, 0.25) is 0 Å². The van der Waals surface area contributed by atoms with Crippen LogP contribution in [-0.2, 0) is 21.7 Å². The van der Waals surface area contributed by atoms with Crippen LogP contribution >= 0.6 is 7.92 Å². The van der Waals surface area contributed by atoms with Crippen LogP contribution in [0.1, 0.15) is 6.92 Å². The molecule has 4 heteroatoms. The summed E-state index contributed by atoms with van der Waals surface area (Å²) >= 11 is 0. The van der Waals surface area contributed by atoms with Crippen LogP contribution in [0.25, 0.3) is 21.5 Å². The minimum Gasteiger partial charge on any atom is -1.00 e. The summed E-state index contributed by atoms with van der Waals surface area (Å²) in [5.74, 6) is 0. The Morgan fingerprint density at radius 2 is 1.17 bits per heavy atom. The van der Waals surface area contributed by atoms with Crippen molar-refractivity contribution in [2.24, 2.45) is 0 Å². The minimum atomic E-state index is -0.242. The summed E-state index contributed by atoms with van der Waals surface area (Å²) in [7, 11) is -0.242. The monoisotopic (exact) mass is 374 g/mol. The molecule has 0 spiro atoms. The predicted octanol–water partition coefficient (Wildman–Crippen LogP) is -1.11. The first kappa shape index (κ1) is 20.7. The van der Waals surface area contributed by atoms with Crippen molar-refractivity contribution in [3.63, 3.8) is 0 Å². The van der Waals surface area contributed by atoms with Gasteiger partial charge in [-0.25, -0.2) is 0 Å². The van der Waals surface area contributed by atoms with E-state index in [1.807, 2.05) is 0 Å². The maximum Gasteiger partial charge on any atom is 4.00 e. The molecule has 0 radical (unpaired) electrons. The molecule has 0 saturated carbocycles. The van der Waals surface area contributed by atoms with Crippen molar-refractivity contribution >= 4 is 40.1 Å². The van der Waals surface area contributed by atoms with Crippen molar-refractivity contribution in [3.05, 3.63) is 72.8 Å². The van der Waals surface area contributed by atoms with E-state index >= 15 is 0 Å². The van der Waals surface area contributed by atoms with Crippen LogP contribution in [0.3, 0.4) is 0 Å². The smallest absolute Gasteiger partial charge is 1.00 e. The van der Waals surface area contributed by atoms with Gasteiger partial charge in [0.2, 0.25) is 0 Å². The Balaban J connectivity index is 0.000000960. The molecule has 0 aliphatic rings. The minimum absolute atomic E-state index is 0. The number of hydrogen-bond donors (Lipinski definition) is 0. The first-order valence-electron chi connectivity index (χ1n) is 7.43. The molecule has 0 saturated heterocycles. The molecule has 4 aromatic carbocycles. The zero-order valence-electron chi connectivity index (χ0n) is 13.3. The Kier molecular flexibility index (Phi) is 7.48. The zero-order chi connectivity index (χ0) is 14.2. The first-order chi connectivity index (χ1) is 10.3. The molecule has 4 rings (SSSR count). The average molecular weight is 374 g/mol. The van der Waals surface area contributed by atoms with Gasteiger partial charge in [0, 0.05) is 0 Å². The Bertz CT molecular complexity index is 770. The predicted molar refractivity (Wildman–Crippen MR) is 95.8 cm³/mol. The van der Waals surface area contributed by atoms with E-state index in [2.05, 4.69) is 79.7 Å². The normalized spacial score (nSPS) is 10.2. The number of fused-ring (bicyclic) bond motifs is 2. The van der Waals surface area contributed by atoms with Gasteiger partial charge in [0.1, 0.15) is 0 Å². The van der Waals surface area contributed by atoms with E-state index < -0.39 is 0 Å². The van der Waals surface area contributed by atoms with Crippen LogP contribution < -0.4 is 20.0 Å². The van der Waals surface area contributed by atoms with E-state index in [4.69, 9.17) is 0 Å². The summed E-state index contributed by atoms with van der Waals surface area (Å²) < 4.78 is 0. The Hall–Kier alpha value is -1.34. The van der Waals surface area contributed by atoms with E-state index in [0.29, 0.717) is 0 Å². The second-order valence-electron chi connectivity index (χ2n) is 5.43. The fourth-order valence-electron chi connectivity index (χ4n) is 3.09. The molecule has 0 aromatic heterocycles. The van der Waals surface area contributed by atoms with Crippen molar-refractivity contribution in [2.75, 3.05) is 6.16 Å². The molecule has 24 heavy (non-hydrogen) atoms. The van der Waals surface area contributed by atoms with Crippen molar-refractivity contribution in [1.29, 1.82) is 0 Å². The first-order valence-corrected chi connectivity index (χ1v) is 8.96. The molecule has 0 unspecified atom stereocenters. The maximum absolute atomic E-state index is 2.38. The SMILES string of the molecule is CCP(c1cc2ccccc2[cH-]1)c1cc2ccccc2[cH-]1.[F-].[F-].[Ti+4]. The van der Waals surface area contributed by atoms with Crippen LogP contribution in [0.4, 0.5) is 0 Å². The van der Waals surface area contributed by atoms with Gasteiger partial charge in [-0.2, -0.15) is 12.1 Å². The fourth-order valence-corrected chi connectivity index (χ4v) is 5.30. The van der Waals surface area contributed by atoms with E-state index in [1.54, 1.807) is 0 Å². The summed E-state index contributed by atoms with van der Waals surface area (Å²) in [6, 6.07) is 26.8. The summed E-state index contributed by atoms with van der Waals surface area (Å²) in [4.78, 5) is 0. The van der Waals surface area contributed by atoms with Gasteiger partial charge in [-0.3, -0.25) is 0 Å². The molecule has 0 N–H and O–H groups in total. The molecule has 0 amide bonds. The second-order valence-corrected chi connectivity index (χ2v) is 7.95. The standard InChI is InChI=1S/C20H17P.2FH.Ti/c1-2-21(19-11-15-7-3-4-8-16(15)12-19)20-13-17-9-5-6-10-18(17)14-20;;;/h3-14H,2H2,1H3;2*1H;/q-2;;;+4/p-2. The molecule has 0 aliphatic heterocycles. The number of hydrogen-bond acceptors (Lipinski definition) is 0. The Morgan fingerprint density at radius 1 is 0.750 bits per heavy atom. The van der Waals surface area contributed by atoms with Crippen LogP contribution in [0, 0.1) is 0 Å². The van der Waals surface area contributed by atoms with Crippen LogP contribution in [-0.4, -0.2) is 6.16 Å². The molecular formula is C20H17F2PTi. The molecule has 120 valence electrons. The van der Waals surface area contributed by atoms with Gasteiger partial charge in [0.15, 0.2) is 0 Å². The van der Waals surface area contributed by atoms with Crippen LogP contribution in [0.5, 0.6) is 0 Å². The average Bonchev–Trinajstić information content (AvgIpc) is 3.11. The quantitative estimate of drug-likeness (QED) is 0.243. The molecule has 0 heterocycles. The topological polar surface area (TPSA) is 0 Å². The maximum atomic E-state index is 2.38. The van der Waals surface area contributed by atoms with Gasteiger partial charge in [0.25, 0.3) is 0 Å². The second kappa shape index (κ2) is 8.67. The van der Waals surface area contributed by atoms with E-state index in [1.165, 1.54) is 38.3 Å². The van der Waals surface area contributed by atoms with Gasteiger partial charge in [-0.15, -0.1) is 80.7 Å². The molecule has 0 fully saturated rings. The van der Waals surface area contributed by atoms with Gasteiger partial charge in [-0.1, -0.05) is 27.0 Å². The summed E-state index contributed by atoms with van der Waals surface area (Å²) in [5, 5.41) is 8.47. The van der Waals surface area contributed by atoms with Gasteiger partial charge in [-0.05, 0) is 6.16 Å². The summed E-state index contributed by atoms with van der Waals surface area (Å²) in [5.41, 5.74) is 0. The molecule has 0 aliphatic carbocycles. The van der Waals surface area contributed by atoms with E-state index in [9.17, 15) is 0 Å². The third kappa shape index (κ3) is 3.67. The number of halogens is 2. The molecule has 0 bridgehead atoms. The number of rotatable bonds is 3. The van der Waals surface area contributed by atoms with Gasteiger partial charge < -0.3 is 9.41 Å². The van der Waals surface area contributed by atoms with Crippen molar-refractivity contribution in [1.82, 2.24) is 0 Å². The molecular weight excluding hydrogens is 357 g/mol. The largest absolute Gasteiger partial charge is 4.00 e. The third-order valence-electron chi connectivity index (χ3n) is 4.15. The third-order valence-corrected chi connectivity index (χ3v) is 6.54. The molecule has 0 atom stereocenters. The van der Waals surface area contributed by atoms with Gasteiger partial charge in [0.05, 0.1) is 0 Å². The van der Waals surface area contributed by atoms with E-state index in [-0.39, 0.29) is 39.0 Å².